The molecule has 1 amide bonds. The van der Waals surface area contributed by atoms with Crippen LogP contribution in [0, 0.1) is 6.92 Å². The number of aryl methyl sites for hydroxylation is 1. The van der Waals surface area contributed by atoms with Crippen LogP contribution in [0.25, 0.3) is 0 Å². The van der Waals surface area contributed by atoms with E-state index in [1.165, 1.54) is 32.3 Å². The third-order valence-electron chi connectivity index (χ3n) is 3.21. The molecule has 10 heteroatoms. The Kier molecular flexibility index (Phi) is 5.26. The summed E-state index contributed by atoms with van der Waals surface area (Å²) < 4.78 is 30.5. The molecule has 0 saturated carbocycles. The van der Waals surface area contributed by atoms with E-state index >= 15 is 0 Å². The summed E-state index contributed by atoms with van der Waals surface area (Å²) in [6, 6.07) is 3.52. The van der Waals surface area contributed by atoms with Gasteiger partial charge in [-0.3, -0.25) is 4.79 Å². The largest absolute Gasteiger partial charge is 0.341 e. The predicted molar refractivity (Wildman–Crippen MR) is 87.2 cm³/mol. The molecular formula is C14H17ClN4O4S. The number of benzene rings is 1. The highest BCUT2D eigenvalue weighted by molar-refractivity contribution is 7.89. The van der Waals surface area contributed by atoms with Gasteiger partial charge in [0.25, 0.3) is 5.91 Å². The van der Waals surface area contributed by atoms with Crippen LogP contribution in [0.1, 0.15) is 35.0 Å². The summed E-state index contributed by atoms with van der Waals surface area (Å²) in [5.41, 5.74) is 0.155. The van der Waals surface area contributed by atoms with E-state index in [1.807, 2.05) is 0 Å². The van der Waals surface area contributed by atoms with E-state index in [-0.39, 0.29) is 21.4 Å². The molecule has 1 aromatic carbocycles. The SMILES string of the molecule is Cc1noc(C(C)NC(=O)c2ccc(Cl)c(S(=O)(=O)N(C)C)c2)n1. The Morgan fingerprint density at radius 3 is 2.58 bits per heavy atom. The van der Waals surface area contributed by atoms with Gasteiger partial charge in [-0.25, -0.2) is 12.7 Å². The number of carbonyl (C=O) groups is 1. The number of hydrogen-bond acceptors (Lipinski definition) is 6. The summed E-state index contributed by atoms with van der Waals surface area (Å²) in [5, 5.41) is 6.36. The van der Waals surface area contributed by atoms with Gasteiger partial charge in [-0.15, -0.1) is 0 Å². The molecule has 1 heterocycles. The zero-order valence-electron chi connectivity index (χ0n) is 13.6. The number of sulfonamides is 1. The highest BCUT2D eigenvalue weighted by Crippen LogP contribution is 2.25. The van der Waals surface area contributed by atoms with Gasteiger partial charge in [0.1, 0.15) is 10.9 Å². The summed E-state index contributed by atoms with van der Waals surface area (Å²) in [7, 11) is -0.986. The molecule has 8 nitrogen and oxygen atoms in total. The van der Waals surface area contributed by atoms with Crippen molar-refractivity contribution in [2.45, 2.75) is 24.8 Å². The van der Waals surface area contributed by atoms with Gasteiger partial charge in [0.05, 0.1) is 5.02 Å². The first-order valence-electron chi connectivity index (χ1n) is 6.96. The second kappa shape index (κ2) is 6.88. The summed E-state index contributed by atoms with van der Waals surface area (Å²) >= 11 is 5.96. The van der Waals surface area contributed by atoms with Crippen molar-refractivity contribution in [2.24, 2.45) is 0 Å². The predicted octanol–water partition coefficient (Wildman–Crippen LogP) is 1.77. The Hall–Kier alpha value is -1.97. The summed E-state index contributed by atoms with van der Waals surface area (Å²) in [6.07, 6.45) is 0. The maximum absolute atomic E-state index is 12.3. The highest BCUT2D eigenvalue weighted by atomic mass is 35.5. The van der Waals surface area contributed by atoms with Crippen LogP contribution in [0.15, 0.2) is 27.6 Å². The summed E-state index contributed by atoms with van der Waals surface area (Å²) in [6.45, 7) is 3.34. The Morgan fingerprint density at radius 2 is 2.04 bits per heavy atom. The van der Waals surface area contributed by atoms with Crippen molar-refractivity contribution in [3.8, 4) is 0 Å². The number of carbonyl (C=O) groups excluding carboxylic acids is 1. The second-order valence-electron chi connectivity index (χ2n) is 5.31. The van der Waals surface area contributed by atoms with Gasteiger partial charge < -0.3 is 9.84 Å². The van der Waals surface area contributed by atoms with Gasteiger partial charge in [-0.2, -0.15) is 4.98 Å². The fourth-order valence-corrected chi connectivity index (χ4v) is 3.26. The quantitative estimate of drug-likeness (QED) is 0.857. The molecule has 1 N–H and O–H groups in total. The molecule has 2 rings (SSSR count). The number of nitrogens with one attached hydrogen (secondary N) is 1. The molecule has 130 valence electrons. The first-order chi connectivity index (χ1) is 11.1. The van der Waals surface area contributed by atoms with Crippen LogP contribution in [0.4, 0.5) is 0 Å². The average Bonchev–Trinajstić information content (AvgIpc) is 2.93. The van der Waals surface area contributed by atoms with E-state index in [1.54, 1.807) is 13.8 Å². The zero-order valence-corrected chi connectivity index (χ0v) is 15.1. The van der Waals surface area contributed by atoms with Crippen molar-refractivity contribution >= 4 is 27.5 Å². The Bertz CT molecular complexity index is 863. The lowest BCUT2D eigenvalue weighted by atomic mass is 10.2. The van der Waals surface area contributed by atoms with Crippen molar-refractivity contribution in [3.05, 3.63) is 40.5 Å². The first-order valence-corrected chi connectivity index (χ1v) is 8.78. The van der Waals surface area contributed by atoms with Gasteiger partial charge in [0, 0.05) is 19.7 Å². The molecule has 0 saturated heterocycles. The number of halogens is 1. The lowest BCUT2D eigenvalue weighted by Crippen LogP contribution is -2.28. The number of amides is 1. The fourth-order valence-electron chi connectivity index (χ4n) is 1.87. The molecular weight excluding hydrogens is 356 g/mol. The highest BCUT2D eigenvalue weighted by Gasteiger charge is 2.23. The topological polar surface area (TPSA) is 105 Å². The van der Waals surface area contributed by atoms with E-state index in [2.05, 4.69) is 15.5 Å². The molecule has 0 radical (unpaired) electrons. The van der Waals surface area contributed by atoms with Crippen LogP contribution in [-0.2, 0) is 10.0 Å². The lowest BCUT2D eigenvalue weighted by Gasteiger charge is -2.14. The molecule has 0 aliphatic heterocycles. The van der Waals surface area contributed by atoms with Crippen LogP contribution >= 0.6 is 11.6 Å². The standard InChI is InChI=1S/C14H17ClN4O4S/c1-8(14-17-9(2)18-23-14)16-13(20)10-5-6-11(15)12(7-10)24(21,22)19(3)4/h5-8H,1-4H3,(H,16,20). The van der Waals surface area contributed by atoms with Crippen molar-refractivity contribution in [3.63, 3.8) is 0 Å². The Balaban J connectivity index is 2.28. The molecule has 1 unspecified atom stereocenters. The lowest BCUT2D eigenvalue weighted by molar-refractivity contribution is 0.0932. The molecule has 1 aromatic heterocycles. The van der Waals surface area contributed by atoms with E-state index in [9.17, 15) is 13.2 Å². The molecule has 1 atom stereocenters. The Labute approximate surface area is 144 Å². The number of hydrogen-bond donors (Lipinski definition) is 1. The zero-order chi connectivity index (χ0) is 18.1. The average molecular weight is 373 g/mol. The molecule has 0 fully saturated rings. The molecule has 2 aromatic rings. The monoisotopic (exact) mass is 372 g/mol. The summed E-state index contributed by atoms with van der Waals surface area (Å²) in [5.74, 6) is 0.234. The van der Waals surface area contributed by atoms with E-state index in [0.717, 1.165) is 4.31 Å². The summed E-state index contributed by atoms with van der Waals surface area (Å²) in [4.78, 5) is 16.2. The van der Waals surface area contributed by atoms with Crippen molar-refractivity contribution in [2.75, 3.05) is 14.1 Å². The van der Waals surface area contributed by atoms with Crippen LogP contribution in [0.3, 0.4) is 0 Å². The fraction of sp³-hybridized carbons (Fsp3) is 0.357. The van der Waals surface area contributed by atoms with Gasteiger partial charge in [0.15, 0.2) is 5.82 Å². The van der Waals surface area contributed by atoms with E-state index in [4.69, 9.17) is 16.1 Å². The van der Waals surface area contributed by atoms with E-state index in [0.29, 0.717) is 5.82 Å². The van der Waals surface area contributed by atoms with Gasteiger partial charge in [-0.05, 0) is 32.0 Å². The number of nitrogens with zero attached hydrogens (tertiary/aromatic N) is 3. The third kappa shape index (κ3) is 3.74. The minimum atomic E-state index is -3.76. The normalized spacial score (nSPS) is 13.1. The van der Waals surface area contributed by atoms with Gasteiger partial charge >= 0.3 is 0 Å². The molecule has 0 bridgehead atoms. The molecule has 0 spiro atoms. The molecule has 0 aliphatic rings. The Morgan fingerprint density at radius 1 is 1.38 bits per heavy atom. The van der Waals surface area contributed by atoms with Crippen LogP contribution in [0.5, 0.6) is 0 Å². The van der Waals surface area contributed by atoms with Crippen molar-refractivity contribution in [1.29, 1.82) is 0 Å². The maximum Gasteiger partial charge on any atom is 0.251 e. The second-order valence-corrected chi connectivity index (χ2v) is 7.84. The van der Waals surface area contributed by atoms with Crippen LogP contribution < -0.4 is 5.32 Å². The maximum atomic E-state index is 12.3. The van der Waals surface area contributed by atoms with Crippen molar-refractivity contribution < 1.29 is 17.7 Å². The number of aromatic nitrogens is 2. The van der Waals surface area contributed by atoms with Crippen molar-refractivity contribution in [1.82, 2.24) is 19.8 Å². The minimum Gasteiger partial charge on any atom is -0.341 e. The van der Waals surface area contributed by atoms with E-state index < -0.39 is 22.0 Å². The molecule has 0 aliphatic carbocycles. The smallest absolute Gasteiger partial charge is 0.251 e. The third-order valence-corrected chi connectivity index (χ3v) is 5.51. The first kappa shape index (κ1) is 18.4. The van der Waals surface area contributed by atoms with Gasteiger partial charge in [-0.1, -0.05) is 16.8 Å². The van der Waals surface area contributed by atoms with Crippen LogP contribution in [-0.4, -0.2) is 42.9 Å². The number of rotatable bonds is 5. The van der Waals surface area contributed by atoms with Crippen LogP contribution in [0.2, 0.25) is 5.02 Å². The molecule has 24 heavy (non-hydrogen) atoms. The van der Waals surface area contributed by atoms with Gasteiger partial charge in [0.2, 0.25) is 15.9 Å². The minimum absolute atomic E-state index is 0.0424.